The first-order chi connectivity index (χ1) is 13.0. The van der Waals surface area contributed by atoms with Gasteiger partial charge in [-0.15, -0.1) is 0 Å². The van der Waals surface area contributed by atoms with Crippen LogP contribution in [0.15, 0.2) is 18.2 Å². The lowest BCUT2D eigenvalue weighted by Crippen LogP contribution is -2.46. The lowest BCUT2D eigenvalue weighted by atomic mass is 10.1. The fraction of sp³-hybridized carbons (Fsp3) is 0.500. The maximum absolute atomic E-state index is 12.6. The number of likely N-dealkylation sites (tertiary alicyclic amines) is 1. The summed E-state index contributed by atoms with van der Waals surface area (Å²) in [7, 11) is 1.53. The molecule has 1 aliphatic carbocycles. The molecule has 1 N–H and O–H groups in total. The average Bonchev–Trinajstić information content (AvgIpc) is 3.31. The Hall–Kier alpha value is -2.21. The van der Waals surface area contributed by atoms with Crippen LogP contribution in [0.3, 0.4) is 0 Å². The number of ether oxygens (including phenoxy) is 2. The minimum atomic E-state index is -0.374. The van der Waals surface area contributed by atoms with Crippen LogP contribution in [0.5, 0.6) is 11.5 Å². The SMILES string of the molecule is CCOc1cc(C=CC(=O)N2CCCC2C(=O)NC2CC2)cc(Cl)c1OC. The Kier molecular flexibility index (Phi) is 6.26. The molecule has 1 aromatic rings. The van der Waals surface area contributed by atoms with E-state index in [1.807, 2.05) is 6.92 Å². The third kappa shape index (κ3) is 4.75. The molecule has 1 unspecified atom stereocenters. The number of nitrogens with zero attached hydrogens (tertiary/aromatic N) is 1. The summed E-state index contributed by atoms with van der Waals surface area (Å²) in [6.45, 7) is 2.95. The van der Waals surface area contributed by atoms with E-state index in [0.29, 0.717) is 42.1 Å². The van der Waals surface area contributed by atoms with E-state index >= 15 is 0 Å². The van der Waals surface area contributed by atoms with Crippen molar-refractivity contribution in [3.8, 4) is 11.5 Å². The van der Waals surface area contributed by atoms with E-state index in [1.54, 1.807) is 23.1 Å². The molecule has 1 heterocycles. The Morgan fingerprint density at radius 1 is 1.33 bits per heavy atom. The molecule has 6 nitrogen and oxygen atoms in total. The predicted octanol–water partition coefficient (Wildman–Crippen LogP) is 3.03. The molecule has 2 aliphatic rings. The lowest BCUT2D eigenvalue weighted by molar-refractivity contribution is -0.135. The molecule has 2 amide bonds. The van der Waals surface area contributed by atoms with Crippen molar-refractivity contribution in [3.63, 3.8) is 0 Å². The molecule has 2 fully saturated rings. The highest BCUT2D eigenvalue weighted by atomic mass is 35.5. The van der Waals surface area contributed by atoms with Crippen molar-refractivity contribution in [2.75, 3.05) is 20.3 Å². The van der Waals surface area contributed by atoms with Crippen LogP contribution in [0.25, 0.3) is 6.08 Å². The molecule has 0 spiro atoms. The smallest absolute Gasteiger partial charge is 0.247 e. The maximum atomic E-state index is 12.6. The van der Waals surface area contributed by atoms with Gasteiger partial charge in [-0.3, -0.25) is 9.59 Å². The molecule has 1 atom stereocenters. The average molecular weight is 393 g/mol. The first kappa shape index (κ1) is 19.5. The number of hydrogen-bond donors (Lipinski definition) is 1. The minimum Gasteiger partial charge on any atom is -0.491 e. The zero-order valence-corrected chi connectivity index (χ0v) is 16.4. The van der Waals surface area contributed by atoms with Crippen LogP contribution in [0.4, 0.5) is 0 Å². The van der Waals surface area contributed by atoms with Crippen LogP contribution >= 0.6 is 11.6 Å². The summed E-state index contributed by atoms with van der Waals surface area (Å²) in [6.07, 6.45) is 6.78. The Morgan fingerprint density at radius 2 is 2.11 bits per heavy atom. The van der Waals surface area contributed by atoms with Gasteiger partial charge in [-0.25, -0.2) is 0 Å². The highest BCUT2D eigenvalue weighted by Gasteiger charge is 2.35. The van der Waals surface area contributed by atoms with Gasteiger partial charge in [0.2, 0.25) is 11.8 Å². The van der Waals surface area contributed by atoms with Crippen molar-refractivity contribution in [2.24, 2.45) is 0 Å². The van der Waals surface area contributed by atoms with Crippen LogP contribution in [-0.4, -0.2) is 49.1 Å². The Labute approximate surface area is 164 Å². The van der Waals surface area contributed by atoms with Crippen molar-refractivity contribution in [1.82, 2.24) is 10.2 Å². The monoisotopic (exact) mass is 392 g/mol. The van der Waals surface area contributed by atoms with E-state index in [1.165, 1.54) is 13.2 Å². The van der Waals surface area contributed by atoms with Gasteiger partial charge >= 0.3 is 0 Å². The molecule has 146 valence electrons. The number of benzene rings is 1. The van der Waals surface area contributed by atoms with E-state index in [2.05, 4.69) is 5.32 Å². The lowest BCUT2D eigenvalue weighted by Gasteiger charge is -2.22. The summed E-state index contributed by atoms with van der Waals surface area (Å²) in [5.41, 5.74) is 0.732. The second-order valence-electron chi connectivity index (χ2n) is 6.77. The molecule has 1 saturated heterocycles. The fourth-order valence-corrected chi connectivity index (χ4v) is 3.53. The highest BCUT2D eigenvalue weighted by Crippen LogP contribution is 2.36. The second-order valence-corrected chi connectivity index (χ2v) is 7.18. The van der Waals surface area contributed by atoms with E-state index < -0.39 is 0 Å². The van der Waals surface area contributed by atoms with Crippen molar-refractivity contribution < 1.29 is 19.1 Å². The Morgan fingerprint density at radius 3 is 2.78 bits per heavy atom. The van der Waals surface area contributed by atoms with Crippen LogP contribution < -0.4 is 14.8 Å². The van der Waals surface area contributed by atoms with Gasteiger partial charge in [0.25, 0.3) is 0 Å². The van der Waals surface area contributed by atoms with Crippen LogP contribution in [0.2, 0.25) is 5.02 Å². The zero-order valence-electron chi connectivity index (χ0n) is 15.7. The van der Waals surface area contributed by atoms with E-state index in [0.717, 1.165) is 24.8 Å². The van der Waals surface area contributed by atoms with Gasteiger partial charge in [0.1, 0.15) is 6.04 Å². The van der Waals surface area contributed by atoms with Gasteiger partial charge in [-0.2, -0.15) is 0 Å². The van der Waals surface area contributed by atoms with Gasteiger partial charge in [0, 0.05) is 18.7 Å². The second kappa shape index (κ2) is 8.65. The number of hydrogen-bond acceptors (Lipinski definition) is 4. The van der Waals surface area contributed by atoms with Gasteiger partial charge in [-0.1, -0.05) is 11.6 Å². The summed E-state index contributed by atoms with van der Waals surface area (Å²) < 4.78 is 10.8. The molecule has 1 aliphatic heterocycles. The first-order valence-corrected chi connectivity index (χ1v) is 9.70. The van der Waals surface area contributed by atoms with Gasteiger partial charge in [0.05, 0.1) is 18.7 Å². The van der Waals surface area contributed by atoms with Crippen molar-refractivity contribution in [2.45, 2.75) is 44.7 Å². The van der Waals surface area contributed by atoms with E-state index in [9.17, 15) is 9.59 Å². The van der Waals surface area contributed by atoms with Gasteiger partial charge < -0.3 is 19.7 Å². The zero-order chi connectivity index (χ0) is 19.4. The largest absolute Gasteiger partial charge is 0.491 e. The van der Waals surface area contributed by atoms with Crippen molar-refractivity contribution >= 4 is 29.5 Å². The van der Waals surface area contributed by atoms with E-state index in [4.69, 9.17) is 21.1 Å². The van der Waals surface area contributed by atoms with Crippen LogP contribution in [0.1, 0.15) is 38.2 Å². The molecule has 27 heavy (non-hydrogen) atoms. The molecular formula is C20H25ClN2O4. The third-order valence-corrected chi connectivity index (χ3v) is 5.00. The number of nitrogens with one attached hydrogen (secondary N) is 1. The first-order valence-electron chi connectivity index (χ1n) is 9.33. The van der Waals surface area contributed by atoms with Crippen LogP contribution in [-0.2, 0) is 9.59 Å². The van der Waals surface area contributed by atoms with Gasteiger partial charge in [0.15, 0.2) is 11.5 Å². The quantitative estimate of drug-likeness (QED) is 0.724. The normalized spacial score (nSPS) is 19.4. The molecule has 0 radical (unpaired) electrons. The van der Waals surface area contributed by atoms with Gasteiger partial charge in [-0.05, 0) is 56.4 Å². The molecule has 7 heteroatoms. The number of carbonyl (C=O) groups excluding carboxylic acids is 2. The number of amides is 2. The van der Waals surface area contributed by atoms with E-state index in [-0.39, 0.29) is 17.9 Å². The predicted molar refractivity (Wildman–Crippen MR) is 104 cm³/mol. The summed E-state index contributed by atoms with van der Waals surface area (Å²) in [6, 6.07) is 3.41. The topological polar surface area (TPSA) is 67.9 Å². The molecule has 1 saturated carbocycles. The summed E-state index contributed by atoms with van der Waals surface area (Å²) in [5, 5.41) is 3.41. The molecule has 0 aromatic heterocycles. The molecule has 1 aromatic carbocycles. The Balaban J connectivity index is 1.71. The standard InChI is InChI=1S/C20H25ClN2O4/c1-3-27-17-12-13(11-15(21)19(17)26-2)6-9-18(24)23-10-4-5-16(23)20(25)22-14-7-8-14/h6,9,11-12,14,16H,3-5,7-8,10H2,1-2H3,(H,22,25). The minimum absolute atomic E-state index is 0.0390. The number of methoxy groups -OCH3 is 1. The maximum Gasteiger partial charge on any atom is 0.247 e. The van der Waals surface area contributed by atoms with Crippen molar-refractivity contribution in [1.29, 1.82) is 0 Å². The summed E-state index contributed by atoms with van der Waals surface area (Å²) >= 11 is 6.24. The number of rotatable bonds is 7. The molecule has 0 bridgehead atoms. The number of halogens is 1. The van der Waals surface area contributed by atoms with Crippen molar-refractivity contribution in [3.05, 3.63) is 28.8 Å². The molecular weight excluding hydrogens is 368 g/mol. The summed E-state index contributed by atoms with van der Waals surface area (Å²) in [4.78, 5) is 26.6. The third-order valence-electron chi connectivity index (χ3n) is 4.72. The summed E-state index contributed by atoms with van der Waals surface area (Å²) in [5.74, 6) is 0.789. The molecule has 3 rings (SSSR count). The highest BCUT2D eigenvalue weighted by molar-refractivity contribution is 6.32. The van der Waals surface area contributed by atoms with Crippen LogP contribution in [0, 0.1) is 0 Å². The Bertz CT molecular complexity index is 746. The fourth-order valence-electron chi connectivity index (χ4n) is 3.24. The number of carbonyl (C=O) groups is 2.